The average Bonchev–Trinajstić information content (AvgIpc) is 3.42. The van der Waals surface area contributed by atoms with E-state index in [4.69, 9.17) is 0 Å². The lowest BCUT2D eigenvalue weighted by Gasteiger charge is -2.06. The topological polar surface area (TPSA) is 106 Å². The van der Waals surface area contributed by atoms with Crippen LogP contribution in [0.1, 0.15) is 22.8 Å². The number of hydrogen-bond donors (Lipinski definition) is 2. The van der Waals surface area contributed by atoms with Gasteiger partial charge in [-0.15, -0.1) is 10.2 Å². The predicted octanol–water partition coefficient (Wildman–Crippen LogP) is 5.03. The first-order valence-corrected chi connectivity index (χ1v) is 12.9. The minimum Gasteiger partial charge on any atom is -0.341 e. The van der Waals surface area contributed by atoms with Gasteiger partial charge in [-0.1, -0.05) is 47.2 Å². The van der Waals surface area contributed by atoms with E-state index in [1.54, 1.807) is 24.3 Å². The van der Waals surface area contributed by atoms with Crippen LogP contribution in [0, 0.1) is 6.92 Å². The third-order valence-electron chi connectivity index (χ3n) is 5.48. The molecule has 1 amide bonds. The first-order chi connectivity index (χ1) is 16.4. The fourth-order valence-corrected chi connectivity index (χ4v) is 5.93. The Morgan fingerprint density at radius 1 is 0.971 bits per heavy atom. The number of fused-ring (bicyclic) bond motifs is 3. The number of sulfonamides is 1. The second-order valence-electron chi connectivity index (χ2n) is 7.80. The summed E-state index contributed by atoms with van der Waals surface area (Å²) in [6.45, 7) is 4.76. The van der Waals surface area contributed by atoms with Crippen LogP contribution in [0.25, 0.3) is 21.8 Å². The summed E-state index contributed by atoms with van der Waals surface area (Å²) in [5.74, 6) is -0.380. The third kappa shape index (κ3) is 4.02. The summed E-state index contributed by atoms with van der Waals surface area (Å²) in [6.07, 6.45) is 0. The molecule has 8 nitrogen and oxygen atoms in total. The van der Waals surface area contributed by atoms with Crippen LogP contribution in [0.15, 0.2) is 71.1 Å². The molecule has 0 aliphatic rings. The molecule has 0 radical (unpaired) electrons. The highest BCUT2D eigenvalue weighted by atomic mass is 32.2. The van der Waals surface area contributed by atoms with Crippen LogP contribution < -0.4 is 10.0 Å². The number of carbonyl (C=O) groups excluding carboxylic acids is 1. The highest BCUT2D eigenvalue weighted by molar-refractivity contribution is 7.94. The van der Waals surface area contributed by atoms with Crippen LogP contribution in [0.3, 0.4) is 0 Å². The van der Waals surface area contributed by atoms with Crippen LogP contribution in [0.2, 0.25) is 0 Å². The molecule has 0 unspecified atom stereocenters. The number of nitrogens with zero attached hydrogens (tertiary/aromatic N) is 3. The Kier molecular flexibility index (Phi) is 5.54. The van der Waals surface area contributed by atoms with E-state index >= 15 is 0 Å². The molecule has 3 aromatic carbocycles. The number of rotatable bonds is 6. The number of amides is 1. The molecule has 172 valence electrons. The number of aryl methyl sites for hydroxylation is 2. The molecule has 0 atom stereocenters. The van der Waals surface area contributed by atoms with Crippen molar-refractivity contribution in [1.29, 1.82) is 0 Å². The number of carbonyl (C=O) groups is 1. The molecule has 0 saturated carbocycles. The van der Waals surface area contributed by atoms with E-state index in [0.29, 0.717) is 11.3 Å². The summed E-state index contributed by atoms with van der Waals surface area (Å²) in [7, 11) is -3.98. The lowest BCUT2D eigenvalue weighted by atomic mass is 10.1. The van der Waals surface area contributed by atoms with E-state index in [9.17, 15) is 13.2 Å². The molecule has 0 saturated heterocycles. The summed E-state index contributed by atoms with van der Waals surface area (Å²) < 4.78 is 30.5. The summed E-state index contributed by atoms with van der Waals surface area (Å²) in [5, 5.41) is 12.3. The Morgan fingerprint density at radius 2 is 1.76 bits per heavy atom. The van der Waals surface area contributed by atoms with Gasteiger partial charge in [-0.25, -0.2) is 0 Å². The van der Waals surface area contributed by atoms with Crippen molar-refractivity contribution in [1.82, 2.24) is 14.8 Å². The van der Waals surface area contributed by atoms with Crippen LogP contribution in [0.4, 0.5) is 10.8 Å². The normalized spacial score (nSPS) is 11.7. The van der Waals surface area contributed by atoms with Crippen molar-refractivity contribution < 1.29 is 13.2 Å². The second kappa shape index (κ2) is 8.54. The number of nitrogens with one attached hydrogen (secondary N) is 2. The molecular weight excluding hydrogens is 470 g/mol. The molecular formula is C24H21N5O3S2. The zero-order valence-corrected chi connectivity index (χ0v) is 20.1. The zero-order valence-electron chi connectivity index (χ0n) is 18.4. The number of benzene rings is 3. The van der Waals surface area contributed by atoms with E-state index in [1.807, 2.05) is 43.3 Å². The molecule has 0 spiro atoms. The molecule has 2 heterocycles. The fraction of sp³-hybridized carbons (Fsp3) is 0.125. The van der Waals surface area contributed by atoms with E-state index < -0.39 is 10.0 Å². The molecule has 2 N–H and O–H groups in total. The lowest BCUT2D eigenvalue weighted by molar-refractivity contribution is 0.102. The summed E-state index contributed by atoms with van der Waals surface area (Å²) >= 11 is 0.791. The van der Waals surface area contributed by atoms with Gasteiger partial charge in [0.15, 0.2) is 0 Å². The first kappa shape index (κ1) is 22.1. The van der Waals surface area contributed by atoms with E-state index in [1.165, 1.54) is 0 Å². The Balaban J connectivity index is 1.40. The smallest absolute Gasteiger partial charge is 0.291 e. The van der Waals surface area contributed by atoms with Gasteiger partial charge in [-0.05, 0) is 50.2 Å². The number of anilines is 2. The van der Waals surface area contributed by atoms with Crippen molar-refractivity contribution in [3.05, 3.63) is 77.9 Å². The molecule has 34 heavy (non-hydrogen) atoms. The van der Waals surface area contributed by atoms with Gasteiger partial charge in [0.1, 0.15) is 0 Å². The third-order valence-corrected chi connectivity index (χ3v) is 8.07. The summed E-state index contributed by atoms with van der Waals surface area (Å²) in [5.41, 5.74) is 3.95. The van der Waals surface area contributed by atoms with E-state index in [0.717, 1.165) is 45.3 Å². The van der Waals surface area contributed by atoms with Gasteiger partial charge in [0, 0.05) is 39.6 Å². The van der Waals surface area contributed by atoms with Gasteiger partial charge in [-0.2, -0.15) is 8.42 Å². The minimum absolute atomic E-state index is 0.105. The van der Waals surface area contributed by atoms with Gasteiger partial charge in [0.05, 0.1) is 0 Å². The maximum atomic E-state index is 13.0. The highest BCUT2D eigenvalue weighted by Crippen LogP contribution is 2.32. The van der Waals surface area contributed by atoms with Crippen LogP contribution in [0.5, 0.6) is 0 Å². The number of aromatic nitrogens is 3. The SMILES string of the molecule is CCn1c2ccccc2c2cc(NS(=O)(=O)c3nnc(NC(=O)c4cccc(C)c4)s3)ccc21. The van der Waals surface area contributed by atoms with Crippen molar-refractivity contribution in [2.24, 2.45) is 0 Å². The van der Waals surface area contributed by atoms with Crippen LogP contribution >= 0.6 is 11.3 Å². The molecule has 0 aliphatic heterocycles. The highest BCUT2D eigenvalue weighted by Gasteiger charge is 2.22. The van der Waals surface area contributed by atoms with E-state index in [2.05, 4.69) is 37.8 Å². The molecule has 10 heteroatoms. The van der Waals surface area contributed by atoms with Crippen molar-refractivity contribution in [2.45, 2.75) is 24.7 Å². The average molecular weight is 492 g/mol. The van der Waals surface area contributed by atoms with Gasteiger partial charge in [0.2, 0.25) is 5.13 Å². The Bertz CT molecular complexity index is 1650. The molecule has 0 fully saturated rings. The largest absolute Gasteiger partial charge is 0.341 e. The summed E-state index contributed by atoms with van der Waals surface area (Å²) in [4.78, 5) is 12.4. The number of hydrogen-bond acceptors (Lipinski definition) is 6. The quantitative estimate of drug-likeness (QED) is 0.324. The second-order valence-corrected chi connectivity index (χ2v) is 10.6. The lowest BCUT2D eigenvalue weighted by Crippen LogP contribution is -2.12. The Hall–Kier alpha value is -3.76. The Labute approximate surface area is 200 Å². The maximum Gasteiger partial charge on any atom is 0.291 e. The van der Waals surface area contributed by atoms with Gasteiger partial charge >= 0.3 is 0 Å². The minimum atomic E-state index is -3.98. The molecule has 5 rings (SSSR count). The maximum absolute atomic E-state index is 13.0. The van der Waals surface area contributed by atoms with E-state index in [-0.39, 0.29) is 15.4 Å². The monoisotopic (exact) mass is 491 g/mol. The molecule has 0 aliphatic carbocycles. The molecule has 0 bridgehead atoms. The predicted molar refractivity (Wildman–Crippen MR) is 135 cm³/mol. The van der Waals surface area contributed by atoms with Crippen LogP contribution in [-0.2, 0) is 16.6 Å². The fourth-order valence-electron chi connectivity index (χ4n) is 3.98. The standard InChI is InChI=1S/C24H21N5O3S2/c1-3-29-20-10-5-4-9-18(20)19-14-17(11-12-21(19)29)28-34(31,32)24-27-26-23(33-24)25-22(30)16-8-6-7-15(2)13-16/h4-14,28H,3H2,1-2H3,(H,25,26,30). The van der Waals surface area contributed by atoms with Gasteiger partial charge in [-0.3, -0.25) is 14.8 Å². The van der Waals surface area contributed by atoms with Gasteiger partial charge < -0.3 is 4.57 Å². The van der Waals surface area contributed by atoms with Crippen molar-refractivity contribution in [3.63, 3.8) is 0 Å². The van der Waals surface area contributed by atoms with Crippen molar-refractivity contribution in [2.75, 3.05) is 10.0 Å². The van der Waals surface area contributed by atoms with Crippen LogP contribution in [-0.4, -0.2) is 29.1 Å². The molecule has 5 aromatic rings. The Morgan fingerprint density at radius 3 is 2.56 bits per heavy atom. The van der Waals surface area contributed by atoms with Crippen molar-refractivity contribution in [3.8, 4) is 0 Å². The summed E-state index contributed by atoms with van der Waals surface area (Å²) in [6, 6.07) is 20.6. The number of para-hydroxylation sites is 1. The molecule has 2 aromatic heterocycles. The first-order valence-electron chi connectivity index (χ1n) is 10.6. The van der Waals surface area contributed by atoms with Gasteiger partial charge in [0.25, 0.3) is 20.3 Å². The zero-order chi connectivity index (χ0) is 23.9. The van der Waals surface area contributed by atoms with Crippen molar-refractivity contribution >= 4 is 59.9 Å².